The number of hydrogen-bond donors (Lipinski definition) is 2. The van der Waals surface area contributed by atoms with Crippen LogP contribution in [0.25, 0.3) is 0 Å². The molecule has 1 aromatic carbocycles. The molecule has 1 atom stereocenters. The number of aryl methyl sites for hydroxylation is 1. The maximum absolute atomic E-state index is 12.4. The molecule has 0 aliphatic heterocycles. The third-order valence-corrected chi connectivity index (χ3v) is 4.69. The second-order valence-electron chi connectivity index (χ2n) is 4.90. The topological polar surface area (TPSA) is 90.0 Å². The maximum atomic E-state index is 12.4. The molecule has 0 saturated heterocycles. The van der Waals surface area contributed by atoms with E-state index < -0.39 is 10.0 Å². The van der Waals surface area contributed by atoms with Crippen LogP contribution in [0.2, 0.25) is 0 Å². The Labute approximate surface area is 125 Å². The Morgan fingerprint density at radius 3 is 2.62 bits per heavy atom. The normalized spacial score (nSPS) is 13.2. The van der Waals surface area contributed by atoms with Gasteiger partial charge in [0.05, 0.1) is 0 Å². The number of aromatic nitrogens is 2. The molecular formula is C14H20N4O2S. The van der Waals surface area contributed by atoms with Crippen LogP contribution in [0.1, 0.15) is 31.9 Å². The summed E-state index contributed by atoms with van der Waals surface area (Å²) in [6, 6.07) is 9.03. The summed E-state index contributed by atoms with van der Waals surface area (Å²) in [5.74, 6) is 0.0243. The number of sulfonamides is 1. The van der Waals surface area contributed by atoms with Crippen molar-refractivity contribution in [2.75, 3.05) is 5.73 Å². The molecule has 0 spiro atoms. The summed E-state index contributed by atoms with van der Waals surface area (Å²) < 4.78 is 29.0. The Hall–Kier alpha value is -1.86. The second-order valence-corrected chi connectivity index (χ2v) is 6.58. The van der Waals surface area contributed by atoms with E-state index in [9.17, 15) is 8.42 Å². The summed E-state index contributed by atoms with van der Waals surface area (Å²) in [7, 11) is -3.69. The van der Waals surface area contributed by atoms with E-state index in [1.54, 1.807) is 11.6 Å². The molecule has 1 unspecified atom stereocenters. The molecule has 0 radical (unpaired) electrons. The van der Waals surface area contributed by atoms with Gasteiger partial charge in [-0.2, -0.15) is 5.10 Å². The van der Waals surface area contributed by atoms with Crippen molar-refractivity contribution in [2.45, 2.75) is 37.8 Å². The van der Waals surface area contributed by atoms with Gasteiger partial charge in [-0.3, -0.25) is 4.68 Å². The minimum Gasteiger partial charge on any atom is -0.381 e. The van der Waals surface area contributed by atoms with Crippen LogP contribution in [-0.4, -0.2) is 18.2 Å². The highest BCUT2D eigenvalue weighted by molar-refractivity contribution is 7.89. The van der Waals surface area contributed by atoms with Crippen LogP contribution < -0.4 is 10.5 Å². The van der Waals surface area contributed by atoms with Gasteiger partial charge in [-0.15, -0.1) is 0 Å². The van der Waals surface area contributed by atoms with E-state index in [1.807, 2.05) is 37.3 Å². The zero-order valence-corrected chi connectivity index (χ0v) is 13.0. The van der Waals surface area contributed by atoms with Gasteiger partial charge in [0.2, 0.25) is 10.0 Å². The van der Waals surface area contributed by atoms with E-state index in [4.69, 9.17) is 5.73 Å². The van der Waals surface area contributed by atoms with Crippen LogP contribution in [0.4, 0.5) is 5.82 Å². The van der Waals surface area contributed by atoms with Gasteiger partial charge in [0.1, 0.15) is 4.90 Å². The van der Waals surface area contributed by atoms with Crippen molar-refractivity contribution in [3.63, 3.8) is 0 Å². The lowest BCUT2D eigenvalue weighted by molar-refractivity contribution is 0.566. The van der Waals surface area contributed by atoms with Gasteiger partial charge in [0.25, 0.3) is 0 Å². The standard InChI is InChI=1S/C14H20N4O2S/c1-3-9-18-10-13(14(15)16-18)21(19,20)17-11(2)12-7-5-4-6-8-12/h4-8,10-11,17H,3,9H2,1-2H3,(H2,15,16). The number of nitrogens with zero attached hydrogens (tertiary/aromatic N) is 2. The average molecular weight is 308 g/mol. The van der Waals surface area contributed by atoms with Gasteiger partial charge in [0.15, 0.2) is 5.82 Å². The Morgan fingerprint density at radius 2 is 2.00 bits per heavy atom. The van der Waals surface area contributed by atoms with Crippen LogP contribution in [-0.2, 0) is 16.6 Å². The van der Waals surface area contributed by atoms with Gasteiger partial charge in [-0.25, -0.2) is 13.1 Å². The van der Waals surface area contributed by atoms with E-state index in [2.05, 4.69) is 9.82 Å². The smallest absolute Gasteiger partial charge is 0.246 e. The number of hydrogen-bond acceptors (Lipinski definition) is 4. The monoisotopic (exact) mass is 308 g/mol. The third-order valence-electron chi connectivity index (χ3n) is 3.13. The summed E-state index contributed by atoms with van der Waals surface area (Å²) in [5.41, 5.74) is 6.61. The molecule has 114 valence electrons. The second kappa shape index (κ2) is 6.28. The molecule has 2 aromatic rings. The average Bonchev–Trinajstić information content (AvgIpc) is 2.81. The molecule has 7 heteroatoms. The quantitative estimate of drug-likeness (QED) is 0.853. The summed E-state index contributed by atoms with van der Waals surface area (Å²) >= 11 is 0. The van der Waals surface area contributed by atoms with Crippen LogP contribution in [0.3, 0.4) is 0 Å². The van der Waals surface area contributed by atoms with E-state index in [1.165, 1.54) is 6.20 Å². The first-order valence-electron chi connectivity index (χ1n) is 6.84. The molecule has 0 aliphatic carbocycles. The molecule has 0 aliphatic rings. The first-order valence-corrected chi connectivity index (χ1v) is 8.32. The fourth-order valence-electron chi connectivity index (χ4n) is 2.07. The van der Waals surface area contributed by atoms with Crippen molar-refractivity contribution in [3.8, 4) is 0 Å². The number of benzene rings is 1. The number of nitrogens with two attached hydrogens (primary N) is 1. The lowest BCUT2D eigenvalue weighted by atomic mass is 10.1. The van der Waals surface area contributed by atoms with Crippen LogP contribution in [0.15, 0.2) is 41.4 Å². The Balaban J connectivity index is 2.22. The summed E-state index contributed by atoms with van der Waals surface area (Å²) in [6.07, 6.45) is 2.33. The minimum atomic E-state index is -3.69. The number of nitrogens with one attached hydrogen (secondary N) is 1. The molecular weight excluding hydrogens is 288 g/mol. The molecule has 0 saturated carbocycles. The van der Waals surface area contributed by atoms with Crippen molar-refractivity contribution in [1.82, 2.24) is 14.5 Å². The van der Waals surface area contributed by atoms with Crippen molar-refractivity contribution in [1.29, 1.82) is 0 Å². The highest BCUT2D eigenvalue weighted by Gasteiger charge is 2.23. The number of anilines is 1. The molecule has 1 heterocycles. The highest BCUT2D eigenvalue weighted by atomic mass is 32.2. The van der Waals surface area contributed by atoms with Gasteiger partial charge in [-0.05, 0) is 18.9 Å². The largest absolute Gasteiger partial charge is 0.381 e. The van der Waals surface area contributed by atoms with Gasteiger partial charge in [-0.1, -0.05) is 37.3 Å². The fraction of sp³-hybridized carbons (Fsp3) is 0.357. The Kier molecular flexibility index (Phi) is 4.64. The van der Waals surface area contributed by atoms with E-state index >= 15 is 0 Å². The van der Waals surface area contributed by atoms with Gasteiger partial charge >= 0.3 is 0 Å². The first-order chi connectivity index (χ1) is 9.94. The summed E-state index contributed by atoms with van der Waals surface area (Å²) in [4.78, 5) is 0.0266. The van der Waals surface area contributed by atoms with Crippen molar-refractivity contribution in [2.24, 2.45) is 0 Å². The summed E-state index contributed by atoms with van der Waals surface area (Å²) in [5, 5.41) is 4.02. The molecule has 21 heavy (non-hydrogen) atoms. The van der Waals surface area contributed by atoms with Gasteiger partial charge < -0.3 is 5.73 Å². The molecule has 0 fully saturated rings. The Bertz CT molecular complexity index is 695. The maximum Gasteiger partial charge on any atom is 0.246 e. The van der Waals surface area contributed by atoms with E-state index in [-0.39, 0.29) is 16.8 Å². The molecule has 2 rings (SSSR count). The zero-order valence-electron chi connectivity index (χ0n) is 12.2. The molecule has 6 nitrogen and oxygen atoms in total. The first kappa shape index (κ1) is 15.5. The van der Waals surface area contributed by atoms with Gasteiger partial charge in [0, 0.05) is 18.8 Å². The van der Waals surface area contributed by atoms with Crippen LogP contribution in [0.5, 0.6) is 0 Å². The molecule has 0 bridgehead atoms. The number of nitrogen functional groups attached to an aromatic ring is 1. The zero-order chi connectivity index (χ0) is 15.5. The van der Waals surface area contributed by atoms with Crippen molar-refractivity contribution in [3.05, 3.63) is 42.1 Å². The predicted molar refractivity (Wildman–Crippen MR) is 82.1 cm³/mol. The molecule has 0 amide bonds. The highest BCUT2D eigenvalue weighted by Crippen LogP contribution is 2.20. The number of rotatable bonds is 6. The van der Waals surface area contributed by atoms with E-state index in [0.717, 1.165) is 12.0 Å². The lowest BCUT2D eigenvalue weighted by Crippen LogP contribution is -2.27. The van der Waals surface area contributed by atoms with Crippen LogP contribution in [0, 0.1) is 0 Å². The Morgan fingerprint density at radius 1 is 1.33 bits per heavy atom. The molecule has 3 N–H and O–H groups in total. The fourth-order valence-corrected chi connectivity index (χ4v) is 3.38. The SMILES string of the molecule is CCCn1cc(S(=O)(=O)NC(C)c2ccccc2)c(N)n1. The third kappa shape index (κ3) is 3.62. The predicted octanol–water partition coefficient (Wildman–Crippen LogP) is 1.91. The minimum absolute atomic E-state index is 0.0243. The summed E-state index contributed by atoms with van der Waals surface area (Å²) in [6.45, 7) is 4.41. The van der Waals surface area contributed by atoms with Crippen molar-refractivity contribution < 1.29 is 8.42 Å². The van der Waals surface area contributed by atoms with Crippen LogP contribution >= 0.6 is 0 Å². The lowest BCUT2D eigenvalue weighted by Gasteiger charge is -2.13. The van der Waals surface area contributed by atoms with E-state index in [0.29, 0.717) is 6.54 Å². The molecule has 1 aromatic heterocycles. The van der Waals surface area contributed by atoms with Crippen molar-refractivity contribution >= 4 is 15.8 Å².